The average Bonchev–Trinajstić information content (AvgIpc) is 2.59. The Morgan fingerprint density at radius 2 is 1.79 bits per heavy atom. The minimum atomic E-state index is -0.435. The number of aliphatic hydroxyl groups excluding tert-OH is 1. The second-order valence-corrected chi connectivity index (χ2v) is 5.22. The maximum atomic E-state index is 13.6. The van der Waals surface area contributed by atoms with E-state index in [9.17, 15) is 8.78 Å². The van der Waals surface area contributed by atoms with E-state index in [4.69, 9.17) is 5.11 Å². The highest BCUT2D eigenvalue weighted by Crippen LogP contribution is 2.11. The molecule has 0 heterocycles. The van der Waals surface area contributed by atoms with Gasteiger partial charge in [0.25, 0.3) is 0 Å². The van der Waals surface area contributed by atoms with Crippen molar-refractivity contribution < 1.29 is 13.9 Å². The number of halogens is 2. The molecule has 3 N–H and O–H groups in total. The van der Waals surface area contributed by atoms with Gasteiger partial charge in [0.05, 0.1) is 13.2 Å². The van der Waals surface area contributed by atoms with Crippen LogP contribution in [0.15, 0.2) is 47.5 Å². The summed E-state index contributed by atoms with van der Waals surface area (Å²) in [7, 11) is 0. The van der Waals surface area contributed by atoms with Crippen LogP contribution in [-0.4, -0.2) is 17.6 Å². The number of nitrogens with zero attached hydrogens (tertiary/aromatic N) is 1. The second-order valence-electron chi connectivity index (χ2n) is 5.22. The molecular formula is C18H21F2N3O. The third-order valence-corrected chi connectivity index (χ3v) is 3.45. The lowest BCUT2D eigenvalue weighted by Gasteiger charge is -2.12. The third-order valence-electron chi connectivity index (χ3n) is 3.45. The Morgan fingerprint density at radius 3 is 2.50 bits per heavy atom. The lowest BCUT2D eigenvalue weighted by molar-refractivity contribution is 0.275. The Kier molecular flexibility index (Phi) is 6.69. The molecule has 2 aromatic carbocycles. The Morgan fingerprint density at radius 1 is 1.04 bits per heavy atom. The molecule has 0 aliphatic carbocycles. The third kappa shape index (κ3) is 5.03. The highest BCUT2D eigenvalue weighted by molar-refractivity contribution is 5.79. The van der Waals surface area contributed by atoms with Gasteiger partial charge in [-0.15, -0.1) is 0 Å². The van der Waals surface area contributed by atoms with Crippen LogP contribution >= 0.6 is 0 Å². The zero-order valence-corrected chi connectivity index (χ0v) is 13.5. The van der Waals surface area contributed by atoms with Crippen molar-refractivity contribution in [1.29, 1.82) is 0 Å². The largest absolute Gasteiger partial charge is 0.392 e. The van der Waals surface area contributed by atoms with Crippen LogP contribution in [0.5, 0.6) is 0 Å². The molecule has 2 rings (SSSR count). The number of aliphatic imine (C=N–C) groups is 1. The Hall–Kier alpha value is -2.47. The first kappa shape index (κ1) is 17.9. The topological polar surface area (TPSA) is 56.7 Å². The monoisotopic (exact) mass is 333 g/mol. The fraction of sp³-hybridized carbons (Fsp3) is 0.278. The number of rotatable bonds is 6. The lowest BCUT2D eigenvalue weighted by Crippen LogP contribution is -2.37. The highest BCUT2D eigenvalue weighted by Gasteiger charge is 2.04. The molecule has 0 amide bonds. The van der Waals surface area contributed by atoms with E-state index < -0.39 is 5.82 Å². The number of nitrogens with one attached hydrogen (secondary N) is 2. The van der Waals surface area contributed by atoms with E-state index in [0.29, 0.717) is 31.2 Å². The molecule has 0 atom stereocenters. The van der Waals surface area contributed by atoms with E-state index >= 15 is 0 Å². The summed E-state index contributed by atoms with van der Waals surface area (Å²) in [6.07, 6.45) is 0. The molecule has 2 aromatic rings. The van der Waals surface area contributed by atoms with Crippen LogP contribution in [0.2, 0.25) is 0 Å². The minimum absolute atomic E-state index is 0.243. The average molecular weight is 333 g/mol. The van der Waals surface area contributed by atoms with E-state index in [2.05, 4.69) is 15.6 Å². The molecule has 4 nitrogen and oxygen atoms in total. The van der Waals surface area contributed by atoms with E-state index in [1.54, 1.807) is 30.3 Å². The number of hydrogen-bond donors (Lipinski definition) is 3. The zero-order chi connectivity index (χ0) is 17.4. The number of hydrogen-bond acceptors (Lipinski definition) is 2. The number of aliphatic hydroxyl groups is 1. The Labute approximate surface area is 140 Å². The van der Waals surface area contributed by atoms with Crippen molar-refractivity contribution in [2.75, 3.05) is 6.54 Å². The van der Waals surface area contributed by atoms with Gasteiger partial charge in [-0.3, -0.25) is 0 Å². The fourth-order valence-electron chi connectivity index (χ4n) is 2.18. The van der Waals surface area contributed by atoms with Crippen molar-refractivity contribution in [3.8, 4) is 0 Å². The molecule has 128 valence electrons. The van der Waals surface area contributed by atoms with Crippen LogP contribution < -0.4 is 10.6 Å². The molecule has 0 aliphatic rings. The van der Waals surface area contributed by atoms with Crippen molar-refractivity contribution in [3.63, 3.8) is 0 Å². The summed E-state index contributed by atoms with van der Waals surface area (Å²) in [5.74, 6) is -0.169. The molecule has 0 radical (unpaired) electrons. The SMILES string of the molecule is CCNC(=NCc1ccc(F)c(CO)c1)NCc1ccccc1F. The van der Waals surface area contributed by atoms with Gasteiger partial charge >= 0.3 is 0 Å². The first-order valence-corrected chi connectivity index (χ1v) is 7.77. The quantitative estimate of drug-likeness (QED) is 0.563. The maximum Gasteiger partial charge on any atom is 0.191 e. The highest BCUT2D eigenvalue weighted by atomic mass is 19.1. The van der Waals surface area contributed by atoms with Gasteiger partial charge in [-0.05, 0) is 30.7 Å². The Bertz CT molecular complexity index is 704. The van der Waals surface area contributed by atoms with Crippen molar-refractivity contribution in [1.82, 2.24) is 10.6 Å². The van der Waals surface area contributed by atoms with Crippen LogP contribution in [0.4, 0.5) is 8.78 Å². The summed E-state index contributed by atoms with van der Waals surface area (Å²) < 4.78 is 27.0. The van der Waals surface area contributed by atoms with Gasteiger partial charge in [0.15, 0.2) is 5.96 Å². The summed E-state index contributed by atoms with van der Waals surface area (Å²) in [6.45, 7) is 2.87. The van der Waals surface area contributed by atoms with Crippen molar-refractivity contribution in [2.24, 2.45) is 4.99 Å². The molecule has 0 bridgehead atoms. The van der Waals surface area contributed by atoms with Crippen LogP contribution in [0, 0.1) is 11.6 Å². The maximum absolute atomic E-state index is 13.6. The van der Waals surface area contributed by atoms with Crippen LogP contribution in [0.3, 0.4) is 0 Å². The molecule has 0 aliphatic heterocycles. The van der Waals surface area contributed by atoms with Gasteiger partial charge in [-0.1, -0.05) is 24.3 Å². The van der Waals surface area contributed by atoms with Gasteiger partial charge in [0.2, 0.25) is 0 Å². The Balaban J connectivity index is 2.04. The first-order valence-electron chi connectivity index (χ1n) is 7.77. The summed E-state index contributed by atoms with van der Waals surface area (Å²) >= 11 is 0. The normalized spacial score (nSPS) is 11.4. The molecule has 0 unspecified atom stereocenters. The minimum Gasteiger partial charge on any atom is -0.392 e. The molecule has 0 spiro atoms. The van der Waals surface area contributed by atoms with Crippen molar-refractivity contribution in [3.05, 3.63) is 70.8 Å². The van der Waals surface area contributed by atoms with E-state index in [0.717, 1.165) is 5.56 Å². The van der Waals surface area contributed by atoms with E-state index in [-0.39, 0.29) is 18.0 Å². The molecule has 0 aromatic heterocycles. The standard InChI is InChI=1S/C18H21F2N3O/c1-2-21-18(23-11-14-5-3-4-6-16(14)19)22-10-13-7-8-17(20)15(9-13)12-24/h3-9,24H,2,10-12H2,1H3,(H2,21,22,23). The van der Waals surface area contributed by atoms with Gasteiger partial charge in [-0.2, -0.15) is 0 Å². The molecule has 0 saturated heterocycles. The molecule has 24 heavy (non-hydrogen) atoms. The zero-order valence-electron chi connectivity index (χ0n) is 13.5. The van der Waals surface area contributed by atoms with Crippen LogP contribution in [0.25, 0.3) is 0 Å². The van der Waals surface area contributed by atoms with Crippen molar-refractivity contribution in [2.45, 2.75) is 26.6 Å². The molecular weight excluding hydrogens is 312 g/mol. The number of benzene rings is 2. The first-order chi connectivity index (χ1) is 11.6. The second kappa shape index (κ2) is 8.98. The lowest BCUT2D eigenvalue weighted by atomic mass is 10.1. The van der Waals surface area contributed by atoms with E-state index in [1.807, 2.05) is 6.92 Å². The predicted molar refractivity (Wildman–Crippen MR) is 90.4 cm³/mol. The fourth-order valence-corrected chi connectivity index (χ4v) is 2.18. The van der Waals surface area contributed by atoms with Gasteiger partial charge < -0.3 is 15.7 Å². The van der Waals surface area contributed by atoms with Crippen LogP contribution in [0.1, 0.15) is 23.6 Å². The van der Waals surface area contributed by atoms with E-state index in [1.165, 1.54) is 12.1 Å². The molecule has 0 fully saturated rings. The molecule has 0 saturated carbocycles. The van der Waals surface area contributed by atoms with Gasteiger partial charge in [-0.25, -0.2) is 13.8 Å². The summed E-state index contributed by atoms with van der Waals surface area (Å²) in [6, 6.07) is 11.1. The number of guanidine groups is 1. The van der Waals surface area contributed by atoms with Crippen LogP contribution in [-0.2, 0) is 19.7 Å². The van der Waals surface area contributed by atoms with Gasteiger partial charge in [0.1, 0.15) is 11.6 Å². The summed E-state index contributed by atoms with van der Waals surface area (Å²) in [5, 5.41) is 15.2. The van der Waals surface area contributed by atoms with Gasteiger partial charge in [0, 0.05) is 24.2 Å². The summed E-state index contributed by atoms with van der Waals surface area (Å²) in [4.78, 5) is 4.40. The molecule has 6 heteroatoms. The van der Waals surface area contributed by atoms with Crippen molar-refractivity contribution >= 4 is 5.96 Å². The predicted octanol–water partition coefficient (Wildman–Crippen LogP) is 2.71. The summed E-state index contributed by atoms with van der Waals surface area (Å²) in [5.41, 5.74) is 1.57. The smallest absolute Gasteiger partial charge is 0.191 e.